The largest absolute Gasteiger partial charge is 0.356 e. The van der Waals surface area contributed by atoms with E-state index in [1.807, 2.05) is 0 Å². The van der Waals surface area contributed by atoms with Crippen LogP contribution in [0.1, 0.15) is 46.0 Å². The molecule has 2 N–H and O–H groups in total. The molecule has 3 nitrogen and oxygen atoms in total. The summed E-state index contributed by atoms with van der Waals surface area (Å²) in [6.07, 6.45) is 6.65. The summed E-state index contributed by atoms with van der Waals surface area (Å²) in [5.41, 5.74) is 0. The summed E-state index contributed by atoms with van der Waals surface area (Å²) in [5.74, 6) is 2.70. The van der Waals surface area contributed by atoms with Gasteiger partial charge in [0.25, 0.3) is 0 Å². The quantitative estimate of drug-likeness (QED) is 0.805. The van der Waals surface area contributed by atoms with Crippen molar-refractivity contribution in [3.63, 3.8) is 0 Å². The number of hydrogen-bond donors (Lipinski definition) is 2. The fourth-order valence-electron chi connectivity index (χ4n) is 3.31. The Morgan fingerprint density at radius 2 is 1.89 bits per heavy atom. The van der Waals surface area contributed by atoms with Crippen LogP contribution >= 0.6 is 0 Å². The van der Waals surface area contributed by atoms with Crippen molar-refractivity contribution in [2.45, 2.75) is 46.0 Å². The molecule has 1 saturated carbocycles. The maximum Gasteiger partial charge on any atom is 0.224 e. The van der Waals surface area contributed by atoms with E-state index in [2.05, 4.69) is 24.5 Å². The lowest BCUT2D eigenvalue weighted by molar-refractivity contribution is -0.125. The Morgan fingerprint density at radius 3 is 2.50 bits per heavy atom. The van der Waals surface area contributed by atoms with Crippen molar-refractivity contribution in [1.82, 2.24) is 10.6 Å². The van der Waals surface area contributed by atoms with E-state index in [1.165, 1.54) is 32.1 Å². The molecule has 104 valence electrons. The molecule has 3 heteroatoms. The predicted octanol–water partition coefficient (Wildman–Crippen LogP) is 2.17. The Bertz CT molecular complexity index is 272. The molecule has 1 amide bonds. The van der Waals surface area contributed by atoms with E-state index in [9.17, 15) is 4.79 Å². The number of rotatable bonds is 4. The Morgan fingerprint density at radius 1 is 1.17 bits per heavy atom. The molecule has 1 saturated heterocycles. The Hall–Kier alpha value is -0.570. The highest BCUT2D eigenvalue weighted by Gasteiger charge is 2.29. The van der Waals surface area contributed by atoms with Crippen molar-refractivity contribution in [3.8, 4) is 0 Å². The second-order valence-corrected chi connectivity index (χ2v) is 6.45. The first-order valence-corrected chi connectivity index (χ1v) is 7.65. The monoisotopic (exact) mass is 252 g/mol. The van der Waals surface area contributed by atoms with Gasteiger partial charge in [-0.05, 0) is 30.7 Å². The van der Waals surface area contributed by atoms with Crippen LogP contribution in [0.5, 0.6) is 0 Å². The van der Waals surface area contributed by atoms with Crippen LogP contribution in [0.4, 0.5) is 0 Å². The standard InChI is InChI=1S/C15H28N2O/c1-11-3-5-13(6-4-11)7-8-17-15(18)14-10-16-9-12(14)2/h11-14,16H,3-10H2,1-2H3,(H,17,18)/t11?,12-,13?,14-/m1/s1. The van der Waals surface area contributed by atoms with Gasteiger partial charge in [0.2, 0.25) is 5.91 Å². The third-order valence-corrected chi connectivity index (χ3v) is 4.84. The van der Waals surface area contributed by atoms with E-state index in [1.54, 1.807) is 0 Å². The van der Waals surface area contributed by atoms with Gasteiger partial charge in [-0.25, -0.2) is 0 Å². The van der Waals surface area contributed by atoms with Crippen LogP contribution in [0.2, 0.25) is 0 Å². The van der Waals surface area contributed by atoms with Crippen LogP contribution in [-0.4, -0.2) is 25.5 Å². The fraction of sp³-hybridized carbons (Fsp3) is 0.933. The lowest BCUT2D eigenvalue weighted by Crippen LogP contribution is -2.35. The number of nitrogens with one attached hydrogen (secondary N) is 2. The van der Waals surface area contributed by atoms with E-state index in [4.69, 9.17) is 0 Å². The van der Waals surface area contributed by atoms with Crippen molar-refractivity contribution in [1.29, 1.82) is 0 Å². The molecule has 1 aliphatic heterocycles. The number of amides is 1. The third-order valence-electron chi connectivity index (χ3n) is 4.84. The van der Waals surface area contributed by atoms with Gasteiger partial charge in [0, 0.05) is 13.1 Å². The number of hydrogen-bond acceptors (Lipinski definition) is 2. The molecular weight excluding hydrogens is 224 g/mol. The molecule has 0 aromatic carbocycles. The summed E-state index contributed by atoms with van der Waals surface area (Å²) >= 11 is 0. The van der Waals surface area contributed by atoms with Gasteiger partial charge in [-0.2, -0.15) is 0 Å². The van der Waals surface area contributed by atoms with Crippen LogP contribution in [0.25, 0.3) is 0 Å². The summed E-state index contributed by atoms with van der Waals surface area (Å²) in [6.45, 7) is 7.23. The van der Waals surface area contributed by atoms with E-state index < -0.39 is 0 Å². The molecule has 2 rings (SSSR count). The molecule has 2 atom stereocenters. The molecule has 0 spiro atoms. The Kier molecular flexibility index (Phi) is 5.04. The Labute approximate surface area is 111 Å². The molecule has 0 aromatic rings. The van der Waals surface area contributed by atoms with E-state index in [0.717, 1.165) is 31.5 Å². The number of carbonyl (C=O) groups is 1. The van der Waals surface area contributed by atoms with E-state index in [-0.39, 0.29) is 11.8 Å². The average molecular weight is 252 g/mol. The smallest absolute Gasteiger partial charge is 0.224 e. The topological polar surface area (TPSA) is 41.1 Å². The van der Waals surface area contributed by atoms with Crippen molar-refractivity contribution < 1.29 is 4.79 Å². The van der Waals surface area contributed by atoms with Crippen LogP contribution in [0.15, 0.2) is 0 Å². The minimum absolute atomic E-state index is 0.191. The normalized spacial score (nSPS) is 36.6. The third kappa shape index (κ3) is 3.71. The van der Waals surface area contributed by atoms with Gasteiger partial charge < -0.3 is 10.6 Å². The highest BCUT2D eigenvalue weighted by molar-refractivity contribution is 5.79. The molecule has 0 radical (unpaired) electrons. The molecule has 18 heavy (non-hydrogen) atoms. The van der Waals surface area contributed by atoms with Crippen molar-refractivity contribution in [2.75, 3.05) is 19.6 Å². The van der Waals surface area contributed by atoms with Gasteiger partial charge >= 0.3 is 0 Å². The highest BCUT2D eigenvalue weighted by atomic mass is 16.1. The number of carbonyl (C=O) groups excluding carboxylic acids is 1. The van der Waals surface area contributed by atoms with Crippen molar-refractivity contribution in [3.05, 3.63) is 0 Å². The van der Waals surface area contributed by atoms with Gasteiger partial charge in [0.1, 0.15) is 0 Å². The van der Waals surface area contributed by atoms with Crippen LogP contribution in [-0.2, 0) is 4.79 Å². The minimum atomic E-state index is 0.191. The van der Waals surface area contributed by atoms with Gasteiger partial charge in [-0.1, -0.05) is 39.5 Å². The molecule has 2 aliphatic rings. The molecule has 2 fully saturated rings. The zero-order valence-electron chi connectivity index (χ0n) is 11.9. The van der Waals surface area contributed by atoms with Crippen molar-refractivity contribution in [2.24, 2.45) is 23.7 Å². The van der Waals surface area contributed by atoms with E-state index >= 15 is 0 Å². The first-order valence-electron chi connectivity index (χ1n) is 7.65. The zero-order valence-corrected chi connectivity index (χ0v) is 11.9. The molecule has 0 unspecified atom stereocenters. The lowest BCUT2D eigenvalue weighted by Gasteiger charge is -2.26. The average Bonchev–Trinajstić information content (AvgIpc) is 2.78. The predicted molar refractivity (Wildman–Crippen MR) is 74.3 cm³/mol. The maximum absolute atomic E-state index is 12.0. The van der Waals surface area contributed by atoms with Gasteiger partial charge in [0.05, 0.1) is 5.92 Å². The van der Waals surface area contributed by atoms with Gasteiger partial charge in [-0.15, -0.1) is 0 Å². The first kappa shape index (κ1) is 13.9. The highest BCUT2D eigenvalue weighted by Crippen LogP contribution is 2.30. The maximum atomic E-state index is 12.0. The molecule has 0 bridgehead atoms. The zero-order chi connectivity index (χ0) is 13.0. The minimum Gasteiger partial charge on any atom is -0.356 e. The van der Waals surface area contributed by atoms with Crippen LogP contribution < -0.4 is 10.6 Å². The fourth-order valence-corrected chi connectivity index (χ4v) is 3.31. The molecule has 1 aliphatic carbocycles. The second-order valence-electron chi connectivity index (χ2n) is 6.45. The lowest BCUT2D eigenvalue weighted by atomic mass is 9.81. The summed E-state index contributed by atoms with van der Waals surface area (Å²) in [7, 11) is 0. The first-order chi connectivity index (χ1) is 8.66. The molecule has 1 heterocycles. The molecule has 0 aromatic heterocycles. The molecular formula is C15H28N2O. The van der Waals surface area contributed by atoms with Crippen molar-refractivity contribution >= 4 is 5.91 Å². The van der Waals surface area contributed by atoms with Crippen LogP contribution in [0.3, 0.4) is 0 Å². The van der Waals surface area contributed by atoms with E-state index in [0.29, 0.717) is 5.92 Å². The summed E-state index contributed by atoms with van der Waals surface area (Å²) in [4.78, 5) is 12.0. The van der Waals surface area contributed by atoms with Gasteiger partial charge in [-0.3, -0.25) is 4.79 Å². The Balaban J connectivity index is 1.61. The second kappa shape index (κ2) is 6.55. The summed E-state index contributed by atoms with van der Waals surface area (Å²) < 4.78 is 0. The summed E-state index contributed by atoms with van der Waals surface area (Å²) in [5, 5.41) is 6.42. The SMILES string of the molecule is CC1CCC(CCNC(=O)[C@@H]2CNC[C@H]2C)CC1. The summed E-state index contributed by atoms with van der Waals surface area (Å²) in [6, 6.07) is 0. The van der Waals surface area contributed by atoms with Crippen LogP contribution in [0, 0.1) is 23.7 Å². The van der Waals surface area contributed by atoms with Gasteiger partial charge in [0.15, 0.2) is 0 Å².